The van der Waals surface area contributed by atoms with Gasteiger partial charge in [-0.2, -0.15) is 0 Å². The lowest BCUT2D eigenvalue weighted by Gasteiger charge is -2.11. The smallest absolute Gasteiger partial charge is 0.233 e. The fraction of sp³-hybridized carbons (Fsp3) is 0.400. The normalized spacial score (nSPS) is 16.8. The van der Waals surface area contributed by atoms with Gasteiger partial charge in [-0.3, -0.25) is 0 Å². The Balaban J connectivity index is 2.14. The summed E-state index contributed by atoms with van der Waals surface area (Å²) in [7, 11) is 1.55. The van der Waals surface area contributed by atoms with Crippen LogP contribution in [0.25, 0.3) is 0 Å². The molecule has 1 aromatic rings. The van der Waals surface area contributed by atoms with Gasteiger partial charge in [0, 0.05) is 12.5 Å². The Hall–Kier alpha value is -1.62. The van der Waals surface area contributed by atoms with Crippen LogP contribution in [0.1, 0.15) is 18.2 Å². The summed E-state index contributed by atoms with van der Waals surface area (Å²) in [5.41, 5.74) is 6.64. The van der Waals surface area contributed by atoms with Crippen molar-refractivity contribution in [3.8, 4) is 5.88 Å². The van der Waals surface area contributed by atoms with Gasteiger partial charge >= 0.3 is 0 Å². The van der Waals surface area contributed by atoms with E-state index in [1.54, 1.807) is 19.2 Å². The van der Waals surface area contributed by atoms with Crippen molar-refractivity contribution in [3.05, 3.63) is 29.7 Å². The van der Waals surface area contributed by atoms with Gasteiger partial charge in [-0.15, -0.1) is 10.2 Å². The Morgan fingerprint density at radius 1 is 1.47 bits per heavy atom. The van der Waals surface area contributed by atoms with Crippen molar-refractivity contribution in [1.82, 2.24) is 10.2 Å². The van der Waals surface area contributed by atoms with Crippen LogP contribution >= 0.6 is 0 Å². The Kier molecular flexibility index (Phi) is 2.82. The molecule has 0 spiro atoms. The Morgan fingerprint density at radius 2 is 2.33 bits per heavy atom. The second-order valence-corrected chi connectivity index (χ2v) is 3.22. The van der Waals surface area contributed by atoms with Gasteiger partial charge in [-0.05, 0) is 12.1 Å². The van der Waals surface area contributed by atoms with Gasteiger partial charge < -0.3 is 15.2 Å². The number of rotatable bonds is 3. The maximum atomic E-state index is 5.96. The number of nitrogens with two attached hydrogens (primary N) is 1. The van der Waals surface area contributed by atoms with Crippen molar-refractivity contribution < 1.29 is 9.47 Å². The van der Waals surface area contributed by atoms with Crippen molar-refractivity contribution in [1.29, 1.82) is 0 Å². The van der Waals surface area contributed by atoms with Gasteiger partial charge in [-0.25, -0.2) is 0 Å². The molecule has 1 unspecified atom stereocenters. The summed E-state index contributed by atoms with van der Waals surface area (Å²) in [6.45, 7) is 0.701. The maximum absolute atomic E-state index is 5.96. The number of hydrogen-bond acceptors (Lipinski definition) is 5. The van der Waals surface area contributed by atoms with Crippen molar-refractivity contribution >= 4 is 0 Å². The lowest BCUT2D eigenvalue weighted by Crippen LogP contribution is -2.15. The van der Waals surface area contributed by atoms with E-state index in [0.29, 0.717) is 18.2 Å². The summed E-state index contributed by atoms with van der Waals surface area (Å²) in [5.74, 6) is 1.25. The largest absolute Gasteiger partial charge is 0.496 e. The molecule has 80 valence electrons. The van der Waals surface area contributed by atoms with Crippen LogP contribution in [-0.4, -0.2) is 23.9 Å². The lowest BCUT2D eigenvalue weighted by atomic mass is 10.1. The zero-order valence-electron chi connectivity index (χ0n) is 8.51. The van der Waals surface area contributed by atoms with Gasteiger partial charge in [0.1, 0.15) is 11.8 Å². The molecule has 1 aliphatic rings. The minimum Gasteiger partial charge on any atom is -0.496 e. The summed E-state index contributed by atoms with van der Waals surface area (Å²) < 4.78 is 10.3. The zero-order valence-corrected chi connectivity index (χ0v) is 8.51. The van der Waals surface area contributed by atoms with Gasteiger partial charge in [-0.1, -0.05) is 0 Å². The molecular formula is C10H13N3O2. The minimum absolute atomic E-state index is 0.328. The average molecular weight is 207 g/mol. The van der Waals surface area contributed by atoms with E-state index in [9.17, 15) is 0 Å². The predicted molar refractivity (Wildman–Crippen MR) is 54.2 cm³/mol. The number of ether oxygens (including phenoxy) is 2. The van der Waals surface area contributed by atoms with Crippen LogP contribution in [0.3, 0.4) is 0 Å². The van der Waals surface area contributed by atoms with E-state index in [1.807, 2.05) is 6.08 Å². The topological polar surface area (TPSA) is 70.3 Å². The highest BCUT2D eigenvalue weighted by molar-refractivity contribution is 5.21. The van der Waals surface area contributed by atoms with E-state index in [4.69, 9.17) is 15.2 Å². The minimum atomic E-state index is -0.328. The van der Waals surface area contributed by atoms with E-state index in [0.717, 1.165) is 12.2 Å². The summed E-state index contributed by atoms with van der Waals surface area (Å²) >= 11 is 0. The fourth-order valence-corrected chi connectivity index (χ4v) is 1.40. The quantitative estimate of drug-likeness (QED) is 0.793. The molecule has 15 heavy (non-hydrogen) atoms. The molecule has 1 aromatic heterocycles. The summed E-state index contributed by atoms with van der Waals surface area (Å²) in [4.78, 5) is 0. The maximum Gasteiger partial charge on any atom is 0.233 e. The molecule has 1 atom stereocenters. The summed E-state index contributed by atoms with van der Waals surface area (Å²) in [5, 5.41) is 7.83. The first kappa shape index (κ1) is 9.92. The van der Waals surface area contributed by atoms with Crippen LogP contribution in [0.2, 0.25) is 0 Å². The first-order valence-electron chi connectivity index (χ1n) is 4.77. The van der Waals surface area contributed by atoms with Crippen LogP contribution in [0.4, 0.5) is 0 Å². The average Bonchev–Trinajstić information content (AvgIpc) is 2.82. The Labute approximate surface area is 87.9 Å². The second-order valence-electron chi connectivity index (χ2n) is 3.22. The number of methoxy groups -OCH3 is 1. The Bertz CT molecular complexity index is 361. The van der Waals surface area contributed by atoms with E-state index in [-0.39, 0.29) is 6.04 Å². The molecule has 0 aromatic carbocycles. The molecule has 0 amide bonds. The molecular weight excluding hydrogens is 194 g/mol. The van der Waals surface area contributed by atoms with Crippen LogP contribution in [0.15, 0.2) is 24.0 Å². The van der Waals surface area contributed by atoms with Gasteiger partial charge in [0.05, 0.1) is 19.4 Å². The monoisotopic (exact) mass is 207 g/mol. The number of aromatic nitrogens is 2. The van der Waals surface area contributed by atoms with Gasteiger partial charge in [0.25, 0.3) is 0 Å². The third kappa shape index (κ3) is 2.07. The van der Waals surface area contributed by atoms with Crippen LogP contribution in [0, 0.1) is 0 Å². The van der Waals surface area contributed by atoms with Crippen molar-refractivity contribution in [2.45, 2.75) is 12.5 Å². The molecule has 2 N–H and O–H groups in total. The van der Waals surface area contributed by atoms with Crippen molar-refractivity contribution in [2.24, 2.45) is 5.73 Å². The lowest BCUT2D eigenvalue weighted by molar-refractivity contribution is 0.224. The molecule has 2 rings (SSSR count). The molecule has 0 fully saturated rings. The third-order valence-corrected chi connectivity index (χ3v) is 2.23. The second kappa shape index (κ2) is 4.27. The first-order chi connectivity index (χ1) is 7.31. The van der Waals surface area contributed by atoms with Gasteiger partial charge in [0.15, 0.2) is 0 Å². The molecule has 0 aliphatic carbocycles. The highest BCUT2D eigenvalue weighted by Gasteiger charge is 2.18. The van der Waals surface area contributed by atoms with Crippen LogP contribution in [-0.2, 0) is 4.74 Å². The van der Waals surface area contributed by atoms with Crippen LogP contribution < -0.4 is 10.5 Å². The molecule has 0 bridgehead atoms. The SMILES string of the molecule is COc1ccc(C(N)C2=CCCO2)nn1. The van der Waals surface area contributed by atoms with E-state index < -0.39 is 0 Å². The molecule has 0 saturated heterocycles. The number of hydrogen-bond donors (Lipinski definition) is 1. The highest BCUT2D eigenvalue weighted by Crippen LogP contribution is 2.22. The van der Waals surface area contributed by atoms with Crippen molar-refractivity contribution in [2.75, 3.05) is 13.7 Å². The van der Waals surface area contributed by atoms with Crippen molar-refractivity contribution in [3.63, 3.8) is 0 Å². The van der Waals surface area contributed by atoms with E-state index >= 15 is 0 Å². The molecule has 1 aliphatic heterocycles. The molecule has 2 heterocycles. The standard InChI is InChI=1S/C10H13N3O2/c1-14-9-5-4-7(12-13-9)10(11)8-3-2-6-15-8/h3-5,10H,2,6,11H2,1H3. The predicted octanol–water partition coefficient (Wildman–Crippen LogP) is 0.789. The first-order valence-corrected chi connectivity index (χ1v) is 4.77. The van der Waals surface area contributed by atoms with E-state index in [1.165, 1.54) is 0 Å². The summed E-state index contributed by atoms with van der Waals surface area (Å²) in [6, 6.07) is 3.20. The van der Waals surface area contributed by atoms with Gasteiger partial charge in [0.2, 0.25) is 5.88 Å². The third-order valence-electron chi connectivity index (χ3n) is 2.23. The fourth-order valence-electron chi connectivity index (χ4n) is 1.40. The zero-order chi connectivity index (χ0) is 10.7. The Morgan fingerprint density at radius 3 is 2.87 bits per heavy atom. The van der Waals surface area contributed by atoms with Crippen LogP contribution in [0.5, 0.6) is 5.88 Å². The van der Waals surface area contributed by atoms with E-state index in [2.05, 4.69) is 10.2 Å². The molecule has 5 heteroatoms. The highest BCUT2D eigenvalue weighted by atomic mass is 16.5. The molecule has 0 radical (unpaired) electrons. The summed E-state index contributed by atoms with van der Waals surface area (Å²) in [6.07, 6.45) is 2.89. The number of nitrogens with zero attached hydrogens (tertiary/aromatic N) is 2. The molecule has 0 saturated carbocycles. The molecule has 5 nitrogen and oxygen atoms in total.